The van der Waals surface area contributed by atoms with Gasteiger partial charge in [0.15, 0.2) is 0 Å². The van der Waals surface area contributed by atoms with Crippen LogP contribution in [-0.2, 0) is 16.0 Å². The Morgan fingerprint density at radius 3 is 2.78 bits per heavy atom. The summed E-state index contributed by atoms with van der Waals surface area (Å²) in [4.78, 5) is 26.3. The molecule has 23 heavy (non-hydrogen) atoms. The fourth-order valence-corrected chi connectivity index (χ4v) is 2.94. The number of amides is 2. The third-order valence-electron chi connectivity index (χ3n) is 3.83. The molecule has 6 heteroatoms. The van der Waals surface area contributed by atoms with Crippen molar-refractivity contribution in [2.45, 2.75) is 19.4 Å². The molecule has 1 heterocycles. The predicted molar refractivity (Wildman–Crippen MR) is 88.8 cm³/mol. The molecule has 1 aliphatic rings. The van der Waals surface area contributed by atoms with Crippen molar-refractivity contribution in [3.63, 3.8) is 0 Å². The maximum Gasteiger partial charge on any atom is 0.316 e. The SMILES string of the molecule is CC1Cc2ccccc2N1C(=O)C(=O)Nc1cc(Cl)ccc1O. The van der Waals surface area contributed by atoms with Crippen molar-refractivity contribution in [3.05, 3.63) is 53.1 Å². The Labute approximate surface area is 138 Å². The number of carbonyl (C=O) groups is 2. The molecule has 0 bridgehead atoms. The zero-order valence-electron chi connectivity index (χ0n) is 12.4. The molecule has 118 valence electrons. The molecule has 2 aromatic rings. The van der Waals surface area contributed by atoms with Gasteiger partial charge < -0.3 is 15.3 Å². The van der Waals surface area contributed by atoms with Crippen LogP contribution in [0.1, 0.15) is 12.5 Å². The minimum absolute atomic E-state index is 0.0985. The fraction of sp³-hybridized carbons (Fsp3) is 0.176. The molecule has 0 radical (unpaired) electrons. The number of nitrogens with zero attached hydrogens (tertiary/aromatic N) is 1. The van der Waals surface area contributed by atoms with Crippen molar-refractivity contribution in [1.82, 2.24) is 0 Å². The van der Waals surface area contributed by atoms with Gasteiger partial charge in [0.25, 0.3) is 0 Å². The number of benzene rings is 2. The second-order valence-electron chi connectivity index (χ2n) is 5.47. The Bertz CT molecular complexity index is 791. The lowest BCUT2D eigenvalue weighted by molar-refractivity contribution is -0.134. The molecule has 2 amide bonds. The van der Waals surface area contributed by atoms with Crippen molar-refractivity contribution in [2.75, 3.05) is 10.2 Å². The number of anilines is 2. The Hall–Kier alpha value is -2.53. The second kappa shape index (κ2) is 5.93. The monoisotopic (exact) mass is 330 g/mol. The molecule has 3 rings (SSSR count). The van der Waals surface area contributed by atoms with E-state index >= 15 is 0 Å². The van der Waals surface area contributed by atoms with E-state index in [-0.39, 0.29) is 17.5 Å². The van der Waals surface area contributed by atoms with Gasteiger partial charge in [0.1, 0.15) is 5.75 Å². The number of carbonyl (C=O) groups excluding carboxylic acids is 2. The summed E-state index contributed by atoms with van der Waals surface area (Å²) < 4.78 is 0. The Balaban J connectivity index is 1.83. The Kier molecular flexibility index (Phi) is 3.96. The highest BCUT2D eigenvalue weighted by Gasteiger charge is 2.34. The Morgan fingerprint density at radius 1 is 1.26 bits per heavy atom. The molecule has 0 aliphatic carbocycles. The number of phenols is 1. The number of hydrogen-bond acceptors (Lipinski definition) is 3. The van der Waals surface area contributed by atoms with Gasteiger partial charge in [0.2, 0.25) is 0 Å². The summed E-state index contributed by atoms with van der Waals surface area (Å²) in [5.74, 6) is -1.63. The first-order valence-electron chi connectivity index (χ1n) is 7.18. The number of para-hydroxylation sites is 1. The summed E-state index contributed by atoms with van der Waals surface area (Å²) in [6.45, 7) is 1.89. The van der Waals surface area contributed by atoms with Crippen LogP contribution in [0.2, 0.25) is 5.02 Å². The summed E-state index contributed by atoms with van der Waals surface area (Å²) in [7, 11) is 0. The lowest BCUT2D eigenvalue weighted by Gasteiger charge is -2.22. The van der Waals surface area contributed by atoms with Gasteiger partial charge in [-0.15, -0.1) is 0 Å². The summed E-state index contributed by atoms with van der Waals surface area (Å²) >= 11 is 5.84. The molecular weight excluding hydrogens is 316 g/mol. The minimum Gasteiger partial charge on any atom is -0.506 e. The maximum atomic E-state index is 12.5. The van der Waals surface area contributed by atoms with E-state index in [1.165, 1.54) is 23.1 Å². The average molecular weight is 331 g/mol. The van der Waals surface area contributed by atoms with E-state index < -0.39 is 11.8 Å². The highest BCUT2D eigenvalue weighted by Crippen LogP contribution is 2.32. The predicted octanol–water partition coefficient (Wildman–Crippen LogP) is 2.96. The third-order valence-corrected chi connectivity index (χ3v) is 4.06. The van der Waals surface area contributed by atoms with E-state index in [9.17, 15) is 14.7 Å². The largest absolute Gasteiger partial charge is 0.506 e. The molecule has 0 spiro atoms. The van der Waals surface area contributed by atoms with Gasteiger partial charge in [-0.05, 0) is 43.2 Å². The molecule has 1 unspecified atom stereocenters. The third kappa shape index (κ3) is 2.87. The summed E-state index contributed by atoms with van der Waals surface area (Å²) in [5, 5.41) is 12.5. The zero-order chi connectivity index (χ0) is 16.6. The van der Waals surface area contributed by atoms with E-state index in [4.69, 9.17) is 11.6 Å². The van der Waals surface area contributed by atoms with Gasteiger partial charge in [-0.2, -0.15) is 0 Å². The van der Waals surface area contributed by atoms with Gasteiger partial charge in [0, 0.05) is 16.8 Å². The molecule has 0 aromatic heterocycles. The lowest BCUT2D eigenvalue weighted by atomic mass is 10.1. The molecule has 0 fully saturated rings. The number of nitrogens with one attached hydrogen (secondary N) is 1. The zero-order valence-corrected chi connectivity index (χ0v) is 13.2. The average Bonchev–Trinajstić information content (AvgIpc) is 2.86. The number of halogens is 1. The molecule has 1 aliphatic heterocycles. The molecule has 2 aromatic carbocycles. The molecule has 5 nitrogen and oxygen atoms in total. The van der Waals surface area contributed by atoms with Crippen molar-refractivity contribution in [3.8, 4) is 5.75 Å². The second-order valence-corrected chi connectivity index (χ2v) is 5.91. The molecule has 0 saturated carbocycles. The first-order valence-corrected chi connectivity index (χ1v) is 7.56. The standard InChI is InChI=1S/C17H15ClN2O3/c1-10-8-11-4-2-3-5-14(11)20(10)17(23)16(22)19-13-9-12(18)6-7-15(13)21/h2-7,9-10,21H,8H2,1H3,(H,19,22). The van der Waals surface area contributed by atoms with Crippen LogP contribution in [0.5, 0.6) is 5.75 Å². The van der Waals surface area contributed by atoms with Crippen LogP contribution in [0.4, 0.5) is 11.4 Å². The van der Waals surface area contributed by atoms with Gasteiger partial charge in [-0.1, -0.05) is 29.8 Å². The summed E-state index contributed by atoms with van der Waals surface area (Å²) in [5.41, 5.74) is 1.89. The lowest BCUT2D eigenvalue weighted by Crippen LogP contribution is -2.43. The van der Waals surface area contributed by atoms with Crippen LogP contribution in [-0.4, -0.2) is 23.0 Å². The van der Waals surface area contributed by atoms with Crippen molar-refractivity contribution >= 4 is 34.8 Å². The van der Waals surface area contributed by atoms with E-state index in [0.717, 1.165) is 11.3 Å². The van der Waals surface area contributed by atoms with E-state index in [2.05, 4.69) is 5.32 Å². The van der Waals surface area contributed by atoms with Crippen LogP contribution >= 0.6 is 11.6 Å². The van der Waals surface area contributed by atoms with Gasteiger partial charge in [0.05, 0.1) is 5.69 Å². The molecule has 0 saturated heterocycles. The van der Waals surface area contributed by atoms with Crippen molar-refractivity contribution < 1.29 is 14.7 Å². The number of aromatic hydroxyl groups is 1. The number of hydrogen-bond donors (Lipinski definition) is 2. The summed E-state index contributed by atoms with van der Waals surface area (Å²) in [6, 6.07) is 11.6. The Morgan fingerprint density at radius 2 is 2.00 bits per heavy atom. The first kappa shape index (κ1) is 15.4. The van der Waals surface area contributed by atoms with Gasteiger partial charge in [-0.3, -0.25) is 9.59 Å². The van der Waals surface area contributed by atoms with Crippen LogP contribution in [0.3, 0.4) is 0 Å². The fourth-order valence-electron chi connectivity index (χ4n) is 2.77. The van der Waals surface area contributed by atoms with Crippen LogP contribution in [0, 0.1) is 0 Å². The molecular formula is C17H15ClN2O3. The highest BCUT2D eigenvalue weighted by atomic mass is 35.5. The van der Waals surface area contributed by atoms with Crippen LogP contribution in [0.25, 0.3) is 0 Å². The van der Waals surface area contributed by atoms with Crippen molar-refractivity contribution in [1.29, 1.82) is 0 Å². The smallest absolute Gasteiger partial charge is 0.316 e. The van der Waals surface area contributed by atoms with E-state index in [1.54, 1.807) is 0 Å². The maximum absolute atomic E-state index is 12.5. The van der Waals surface area contributed by atoms with E-state index in [1.807, 2.05) is 31.2 Å². The van der Waals surface area contributed by atoms with Gasteiger partial charge in [-0.25, -0.2) is 0 Å². The van der Waals surface area contributed by atoms with Crippen LogP contribution in [0.15, 0.2) is 42.5 Å². The van der Waals surface area contributed by atoms with E-state index in [0.29, 0.717) is 11.4 Å². The summed E-state index contributed by atoms with van der Waals surface area (Å²) in [6.07, 6.45) is 0.706. The van der Waals surface area contributed by atoms with Gasteiger partial charge >= 0.3 is 11.8 Å². The molecule has 2 N–H and O–H groups in total. The van der Waals surface area contributed by atoms with Crippen molar-refractivity contribution in [2.24, 2.45) is 0 Å². The number of rotatable bonds is 1. The normalized spacial score (nSPS) is 16.1. The number of phenolic OH excluding ortho intramolecular Hbond substituents is 1. The van der Waals surface area contributed by atoms with Crippen LogP contribution < -0.4 is 10.2 Å². The number of fused-ring (bicyclic) bond motifs is 1. The minimum atomic E-state index is -0.814. The molecule has 1 atom stereocenters. The first-order chi connectivity index (χ1) is 11.0. The topological polar surface area (TPSA) is 69.6 Å². The quantitative estimate of drug-likeness (QED) is 0.624. The highest BCUT2D eigenvalue weighted by molar-refractivity contribution is 6.45.